The lowest BCUT2D eigenvalue weighted by Gasteiger charge is -2.32. The van der Waals surface area contributed by atoms with Crippen molar-refractivity contribution in [2.24, 2.45) is 0 Å². The van der Waals surface area contributed by atoms with E-state index >= 15 is 0 Å². The number of carbonyl (C=O) groups is 1. The van der Waals surface area contributed by atoms with E-state index < -0.39 is 5.54 Å². The molecule has 0 aromatic heterocycles. The van der Waals surface area contributed by atoms with Crippen LogP contribution in [-0.2, 0) is 10.3 Å². The Morgan fingerprint density at radius 3 is 2.94 bits per heavy atom. The molecule has 3 nitrogen and oxygen atoms in total. The molecule has 16 heavy (non-hydrogen) atoms. The van der Waals surface area contributed by atoms with Gasteiger partial charge in [-0.05, 0) is 24.7 Å². The Morgan fingerprint density at radius 2 is 2.19 bits per heavy atom. The van der Waals surface area contributed by atoms with E-state index in [-0.39, 0.29) is 5.91 Å². The Labute approximate surface area is 103 Å². The second-order valence-electron chi connectivity index (χ2n) is 3.91. The van der Waals surface area contributed by atoms with Gasteiger partial charge in [-0.1, -0.05) is 18.2 Å². The molecule has 1 atom stereocenters. The molecule has 1 fully saturated rings. The fourth-order valence-electron chi connectivity index (χ4n) is 2.25. The number of thiocarbonyl (C=S) groups is 1. The summed E-state index contributed by atoms with van der Waals surface area (Å²) in [5.41, 5.74) is 0.419. The van der Waals surface area contributed by atoms with Gasteiger partial charge in [-0.2, -0.15) is 0 Å². The van der Waals surface area contributed by atoms with Crippen molar-refractivity contribution >= 4 is 35.0 Å². The molecule has 2 aliphatic heterocycles. The highest BCUT2D eigenvalue weighted by atomic mass is 32.2. The highest BCUT2D eigenvalue weighted by Crippen LogP contribution is 2.41. The molecule has 5 heteroatoms. The number of benzene rings is 1. The average Bonchev–Trinajstić information content (AvgIpc) is 2.55. The first-order chi connectivity index (χ1) is 7.72. The lowest BCUT2D eigenvalue weighted by atomic mass is 9.87. The van der Waals surface area contributed by atoms with Gasteiger partial charge in [0.25, 0.3) is 5.91 Å². The van der Waals surface area contributed by atoms with Crippen LogP contribution < -0.4 is 10.6 Å². The number of thioether (sulfide) groups is 1. The number of nitrogens with one attached hydrogen (secondary N) is 2. The molecule has 1 aromatic rings. The summed E-state index contributed by atoms with van der Waals surface area (Å²) in [6, 6.07) is 8.01. The summed E-state index contributed by atoms with van der Waals surface area (Å²) in [5, 5.41) is 6.26. The highest BCUT2D eigenvalue weighted by Gasteiger charge is 2.48. The van der Waals surface area contributed by atoms with Gasteiger partial charge in [-0.25, -0.2) is 0 Å². The molecule has 1 unspecified atom stereocenters. The van der Waals surface area contributed by atoms with E-state index in [0.717, 1.165) is 17.7 Å². The largest absolute Gasteiger partial charge is 0.344 e. The second kappa shape index (κ2) is 3.46. The van der Waals surface area contributed by atoms with Crippen LogP contribution in [0, 0.1) is 0 Å². The number of hydrogen-bond donors (Lipinski definition) is 2. The Balaban J connectivity index is 2.17. The summed E-state index contributed by atoms with van der Waals surface area (Å²) in [6.45, 7) is 0. The van der Waals surface area contributed by atoms with Crippen LogP contribution in [0.15, 0.2) is 29.2 Å². The molecule has 0 saturated carbocycles. The van der Waals surface area contributed by atoms with Crippen molar-refractivity contribution in [2.45, 2.75) is 16.9 Å². The Hall–Kier alpha value is -1.07. The molecule has 2 aliphatic rings. The van der Waals surface area contributed by atoms with Crippen LogP contribution in [0.2, 0.25) is 0 Å². The summed E-state index contributed by atoms with van der Waals surface area (Å²) < 4.78 is 0. The van der Waals surface area contributed by atoms with Crippen LogP contribution in [-0.4, -0.2) is 16.8 Å². The summed E-state index contributed by atoms with van der Waals surface area (Å²) in [4.78, 5) is 13.2. The fourth-order valence-corrected chi connectivity index (χ4v) is 3.72. The van der Waals surface area contributed by atoms with Gasteiger partial charge in [0.2, 0.25) is 0 Å². The summed E-state index contributed by atoms with van der Waals surface area (Å²) in [6.07, 6.45) is 0.778. The molecule has 0 aliphatic carbocycles. The molecule has 0 bridgehead atoms. The average molecular weight is 250 g/mol. The van der Waals surface area contributed by atoms with E-state index in [1.54, 1.807) is 11.8 Å². The van der Waals surface area contributed by atoms with Gasteiger partial charge >= 0.3 is 0 Å². The maximum absolute atomic E-state index is 12.1. The topological polar surface area (TPSA) is 41.1 Å². The van der Waals surface area contributed by atoms with Crippen molar-refractivity contribution < 1.29 is 4.79 Å². The highest BCUT2D eigenvalue weighted by molar-refractivity contribution is 7.99. The molecule has 2 heterocycles. The zero-order valence-corrected chi connectivity index (χ0v) is 10.1. The van der Waals surface area contributed by atoms with Crippen LogP contribution in [0.3, 0.4) is 0 Å². The van der Waals surface area contributed by atoms with Crippen LogP contribution in [0.5, 0.6) is 0 Å². The standard InChI is InChI=1S/C11H10N2OS2/c14-9-11(13-10(15)12-9)5-6-16-8-4-2-1-3-7(8)11/h1-4H,5-6H2,(H2,12,13,14,15). The molecule has 1 amide bonds. The normalized spacial score (nSPS) is 27.5. The summed E-state index contributed by atoms with van der Waals surface area (Å²) in [7, 11) is 0. The SMILES string of the molecule is O=C1NC(=S)NC12CCSc1ccccc12. The minimum atomic E-state index is -0.626. The first-order valence-corrected chi connectivity index (χ1v) is 6.48. The molecule has 1 aromatic carbocycles. The van der Waals surface area contributed by atoms with Crippen molar-refractivity contribution in [1.29, 1.82) is 0 Å². The fraction of sp³-hybridized carbons (Fsp3) is 0.273. The molecule has 0 radical (unpaired) electrons. The molecule has 1 saturated heterocycles. The summed E-state index contributed by atoms with van der Waals surface area (Å²) >= 11 is 6.82. The van der Waals surface area contributed by atoms with Gasteiger partial charge in [-0.15, -0.1) is 11.8 Å². The molecule has 82 valence electrons. The number of carbonyl (C=O) groups excluding carboxylic acids is 1. The van der Waals surface area contributed by atoms with Crippen molar-refractivity contribution in [1.82, 2.24) is 10.6 Å². The predicted octanol–water partition coefficient (Wildman–Crippen LogP) is 1.38. The second-order valence-corrected chi connectivity index (χ2v) is 5.45. The molecule has 3 rings (SSSR count). The van der Waals surface area contributed by atoms with Gasteiger partial charge in [0.15, 0.2) is 5.11 Å². The van der Waals surface area contributed by atoms with Gasteiger partial charge in [0.05, 0.1) is 0 Å². The van der Waals surface area contributed by atoms with Crippen molar-refractivity contribution in [2.75, 3.05) is 5.75 Å². The third kappa shape index (κ3) is 1.28. The Bertz CT molecular complexity index is 489. The lowest BCUT2D eigenvalue weighted by Crippen LogP contribution is -2.46. The quantitative estimate of drug-likeness (QED) is 0.683. The van der Waals surface area contributed by atoms with Gasteiger partial charge < -0.3 is 10.6 Å². The van der Waals surface area contributed by atoms with Crippen LogP contribution in [0.4, 0.5) is 0 Å². The van der Waals surface area contributed by atoms with Crippen molar-refractivity contribution in [3.8, 4) is 0 Å². The number of hydrogen-bond acceptors (Lipinski definition) is 3. The van der Waals surface area contributed by atoms with E-state index in [0.29, 0.717) is 5.11 Å². The van der Waals surface area contributed by atoms with E-state index in [4.69, 9.17) is 12.2 Å². The molecular weight excluding hydrogens is 240 g/mol. The first kappa shape index (κ1) is 10.1. The Kier molecular flexibility index (Phi) is 2.19. The predicted molar refractivity (Wildman–Crippen MR) is 67.3 cm³/mol. The molecule has 1 spiro atoms. The van der Waals surface area contributed by atoms with Crippen molar-refractivity contribution in [3.05, 3.63) is 29.8 Å². The maximum atomic E-state index is 12.1. The Morgan fingerprint density at radius 1 is 1.38 bits per heavy atom. The van der Waals surface area contributed by atoms with Crippen LogP contribution in [0.1, 0.15) is 12.0 Å². The minimum absolute atomic E-state index is 0.0229. The van der Waals surface area contributed by atoms with Gasteiger partial charge in [-0.3, -0.25) is 4.79 Å². The number of fused-ring (bicyclic) bond motifs is 2. The van der Waals surface area contributed by atoms with E-state index in [9.17, 15) is 4.79 Å². The van der Waals surface area contributed by atoms with Crippen molar-refractivity contribution in [3.63, 3.8) is 0 Å². The zero-order valence-electron chi connectivity index (χ0n) is 8.45. The number of rotatable bonds is 0. The van der Waals surface area contributed by atoms with Gasteiger partial charge in [0.1, 0.15) is 5.54 Å². The molecule has 2 N–H and O–H groups in total. The minimum Gasteiger partial charge on any atom is -0.344 e. The van der Waals surface area contributed by atoms with E-state index in [1.165, 1.54) is 4.90 Å². The molecular formula is C11H10N2OS2. The first-order valence-electron chi connectivity index (χ1n) is 5.08. The van der Waals surface area contributed by atoms with E-state index in [1.807, 2.05) is 18.2 Å². The van der Waals surface area contributed by atoms with Crippen LogP contribution in [0.25, 0.3) is 0 Å². The number of amides is 1. The van der Waals surface area contributed by atoms with Crippen LogP contribution >= 0.6 is 24.0 Å². The van der Waals surface area contributed by atoms with E-state index in [2.05, 4.69) is 16.7 Å². The maximum Gasteiger partial charge on any atom is 0.256 e. The monoisotopic (exact) mass is 250 g/mol. The summed E-state index contributed by atoms with van der Waals surface area (Å²) in [5.74, 6) is 0.908. The smallest absolute Gasteiger partial charge is 0.256 e. The lowest BCUT2D eigenvalue weighted by molar-refractivity contribution is -0.124. The third-order valence-corrected chi connectivity index (χ3v) is 4.30. The zero-order chi connectivity index (χ0) is 11.2. The third-order valence-electron chi connectivity index (χ3n) is 3.02. The van der Waals surface area contributed by atoms with Gasteiger partial charge in [0, 0.05) is 16.2 Å².